The van der Waals surface area contributed by atoms with Crippen molar-refractivity contribution in [2.45, 2.75) is 78.7 Å². The van der Waals surface area contributed by atoms with Crippen molar-refractivity contribution in [1.82, 2.24) is 0 Å². The average molecular weight is 228 g/mol. The zero-order valence-electron chi connectivity index (χ0n) is 11.4. The molecule has 0 aromatic rings. The Kier molecular flexibility index (Phi) is 9.36. The van der Waals surface area contributed by atoms with E-state index in [1.165, 1.54) is 25.7 Å². The molecule has 0 fully saturated rings. The van der Waals surface area contributed by atoms with Crippen LogP contribution in [0.5, 0.6) is 0 Å². The van der Waals surface area contributed by atoms with Crippen LogP contribution in [0.25, 0.3) is 0 Å². The minimum absolute atomic E-state index is 0.0233. The Bertz CT molecular complexity index is 178. The summed E-state index contributed by atoms with van der Waals surface area (Å²) in [5.74, 6) is 0.0351. The molecule has 2 heteroatoms. The molecule has 0 heterocycles. The van der Waals surface area contributed by atoms with Crippen molar-refractivity contribution in [3.8, 4) is 0 Å². The van der Waals surface area contributed by atoms with E-state index in [4.69, 9.17) is 4.74 Å². The highest BCUT2D eigenvalue weighted by Crippen LogP contribution is 2.12. The van der Waals surface area contributed by atoms with Gasteiger partial charge in [-0.2, -0.15) is 0 Å². The van der Waals surface area contributed by atoms with E-state index < -0.39 is 0 Å². The summed E-state index contributed by atoms with van der Waals surface area (Å²) in [4.78, 5) is 11.6. The van der Waals surface area contributed by atoms with Crippen molar-refractivity contribution < 1.29 is 9.53 Å². The molecule has 0 saturated heterocycles. The van der Waals surface area contributed by atoms with Crippen LogP contribution in [0, 0.1) is 5.92 Å². The molecular formula is C14H28O2. The highest BCUT2D eigenvalue weighted by atomic mass is 16.5. The average Bonchev–Trinajstić information content (AvgIpc) is 2.24. The molecule has 0 radical (unpaired) electrons. The van der Waals surface area contributed by atoms with Crippen LogP contribution >= 0.6 is 0 Å². The zero-order valence-corrected chi connectivity index (χ0v) is 11.4. The molecule has 0 rings (SSSR count). The van der Waals surface area contributed by atoms with Gasteiger partial charge in [0.25, 0.3) is 0 Å². The van der Waals surface area contributed by atoms with Gasteiger partial charge in [0.2, 0.25) is 0 Å². The minimum atomic E-state index is -0.0233. The zero-order chi connectivity index (χ0) is 12.4. The smallest absolute Gasteiger partial charge is 0.308 e. The fourth-order valence-electron chi connectivity index (χ4n) is 1.78. The Morgan fingerprint density at radius 3 is 2.25 bits per heavy atom. The lowest BCUT2D eigenvalue weighted by Gasteiger charge is -2.16. The first kappa shape index (κ1) is 15.5. The van der Waals surface area contributed by atoms with Gasteiger partial charge in [-0.15, -0.1) is 0 Å². The molecule has 0 aliphatic rings. The summed E-state index contributed by atoms with van der Waals surface area (Å²) in [6.45, 7) is 8.26. The molecule has 0 aromatic heterocycles. The van der Waals surface area contributed by atoms with Crippen LogP contribution in [0.1, 0.15) is 72.6 Å². The number of rotatable bonds is 9. The topological polar surface area (TPSA) is 26.3 Å². The van der Waals surface area contributed by atoms with Crippen molar-refractivity contribution in [1.29, 1.82) is 0 Å². The van der Waals surface area contributed by atoms with Gasteiger partial charge in [0.1, 0.15) is 0 Å². The summed E-state index contributed by atoms with van der Waals surface area (Å²) in [7, 11) is 0. The number of hydrogen-bond donors (Lipinski definition) is 0. The molecule has 0 bridgehead atoms. The number of carbonyl (C=O) groups is 1. The molecule has 0 aliphatic heterocycles. The summed E-state index contributed by atoms with van der Waals surface area (Å²) in [6.07, 6.45) is 8.03. The van der Waals surface area contributed by atoms with Gasteiger partial charge in [0.05, 0.1) is 12.0 Å². The SMILES string of the molecule is CCCCCCC(C)OC(=O)C(C)CCC. The van der Waals surface area contributed by atoms with E-state index in [2.05, 4.69) is 13.8 Å². The van der Waals surface area contributed by atoms with Crippen molar-refractivity contribution in [2.75, 3.05) is 0 Å². The Balaban J connectivity index is 3.61. The van der Waals surface area contributed by atoms with Crippen LogP contribution in [-0.4, -0.2) is 12.1 Å². The molecule has 2 unspecified atom stereocenters. The van der Waals surface area contributed by atoms with Crippen LogP contribution in [0.2, 0.25) is 0 Å². The van der Waals surface area contributed by atoms with E-state index in [9.17, 15) is 4.79 Å². The lowest BCUT2D eigenvalue weighted by Crippen LogP contribution is -2.20. The molecular weight excluding hydrogens is 200 g/mol. The number of carbonyl (C=O) groups excluding carboxylic acids is 1. The maximum atomic E-state index is 11.6. The summed E-state index contributed by atoms with van der Waals surface area (Å²) in [5, 5.41) is 0. The van der Waals surface area contributed by atoms with Crippen LogP contribution in [0.15, 0.2) is 0 Å². The monoisotopic (exact) mass is 228 g/mol. The van der Waals surface area contributed by atoms with Crippen LogP contribution in [0.4, 0.5) is 0 Å². The van der Waals surface area contributed by atoms with E-state index in [0.29, 0.717) is 0 Å². The Labute approximate surface area is 101 Å². The molecule has 2 atom stereocenters. The molecule has 0 saturated carbocycles. The van der Waals surface area contributed by atoms with Crippen LogP contribution in [-0.2, 0) is 9.53 Å². The second kappa shape index (κ2) is 9.68. The highest BCUT2D eigenvalue weighted by Gasteiger charge is 2.16. The minimum Gasteiger partial charge on any atom is -0.462 e. The Morgan fingerprint density at radius 1 is 1.00 bits per heavy atom. The molecule has 96 valence electrons. The van der Waals surface area contributed by atoms with Crippen molar-refractivity contribution in [3.05, 3.63) is 0 Å². The lowest BCUT2D eigenvalue weighted by atomic mass is 10.1. The third kappa shape index (κ3) is 7.72. The molecule has 0 aromatic carbocycles. The predicted octanol–water partition coefficient (Wildman–Crippen LogP) is 4.32. The standard InChI is InChI=1S/C14H28O2/c1-5-7-8-9-11-13(4)16-14(15)12(3)10-6-2/h12-13H,5-11H2,1-4H3. The van der Waals surface area contributed by atoms with Crippen LogP contribution < -0.4 is 0 Å². The molecule has 16 heavy (non-hydrogen) atoms. The van der Waals surface area contributed by atoms with Gasteiger partial charge >= 0.3 is 5.97 Å². The summed E-state index contributed by atoms with van der Waals surface area (Å²) in [5.41, 5.74) is 0. The van der Waals surface area contributed by atoms with Gasteiger partial charge < -0.3 is 4.74 Å². The third-order valence-corrected chi connectivity index (χ3v) is 2.91. The summed E-state index contributed by atoms with van der Waals surface area (Å²) in [6, 6.07) is 0. The maximum Gasteiger partial charge on any atom is 0.308 e. The first-order valence-electron chi connectivity index (χ1n) is 6.82. The number of hydrogen-bond acceptors (Lipinski definition) is 2. The van der Waals surface area contributed by atoms with Gasteiger partial charge in [-0.3, -0.25) is 4.79 Å². The van der Waals surface area contributed by atoms with E-state index in [0.717, 1.165) is 19.3 Å². The van der Waals surface area contributed by atoms with Gasteiger partial charge in [0, 0.05) is 0 Å². The second-order valence-electron chi connectivity index (χ2n) is 4.79. The van der Waals surface area contributed by atoms with E-state index in [1.54, 1.807) is 0 Å². The van der Waals surface area contributed by atoms with E-state index >= 15 is 0 Å². The number of unbranched alkanes of at least 4 members (excludes halogenated alkanes) is 3. The first-order chi connectivity index (χ1) is 7.61. The van der Waals surface area contributed by atoms with E-state index in [-0.39, 0.29) is 18.0 Å². The molecule has 0 N–H and O–H groups in total. The normalized spacial score (nSPS) is 14.5. The summed E-state index contributed by atoms with van der Waals surface area (Å²) < 4.78 is 5.41. The fraction of sp³-hybridized carbons (Fsp3) is 0.929. The number of ether oxygens (including phenoxy) is 1. The Hall–Kier alpha value is -0.530. The van der Waals surface area contributed by atoms with Gasteiger partial charge in [-0.05, 0) is 26.2 Å². The molecule has 0 aliphatic carbocycles. The van der Waals surface area contributed by atoms with E-state index in [1.807, 2.05) is 13.8 Å². The van der Waals surface area contributed by atoms with Crippen molar-refractivity contribution >= 4 is 5.97 Å². The van der Waals surface area contributed by atoms with Gasteiger partial charge in [0.15, 0.2) is 0 Å². The Morgan fingerprint density at radius 2 is 1.69 bits per heavy atom. The summed E-state index contributed by atoms with van der Waals surface area (Å²) >= 11 is 0. The largest absolute Gasteiger partial charge is 0.462 e. The van der Waals surface area contributed by atoms with Gasteiger partial charge in [-0.1, -0.05) is 46.5 Å². The quantitative estimate of drug-likeness (QED) is 0.434. The molecule has 0 amide bonds. The van der Waals surface area contributed by atoms with Crippen LogP contribution in [0.3, 0.4) is 0 Å². The van der Waals surface area contributed by atoms with Crippen molar-refractivity contribution in [3.63, 3.8) is 0 Å². The lowest BCUT2D eigenvalue weighted by molar-refractivity contribution is -0.153. The molecule has 0 spiro atoms. The van der Waals surface area contributed by atoms with Crippen molar-refractivity contribution in [2.24, 2.45) is 5.92 Å². The molecule has 2 nitrogen and oxygen atoms in total. The highest BCUT2D eigenvalue weighted by molar-refractivity contribution is 5.72. The van der Waals surface area contributed by atoms with Gasteiger partial charge in [-0.25, -0.2) is 0 Å². The first-order valence-corrected chi connectivity index (χ1v) is 6.82. The maximum absolute atomic E-state index is 11.6. The number of esters is 1. The fourth-order valence-corrected chi connectivity index (χ4v) is 1.78. The third-order valence-electron chi connectivity index (χ3n) is 2.91. The predicted molar refractivity (Wildman–Crippen MR) is 68.4 cm³/mol. The second-order valence-corrected chi connectivity index (χ2v) is 4.79.